The molecular weight excluding hydrogens is 314 g/mol. The molecule has 2 N–H and O–H groups in total. The normalized spacial score (nSPS) is 26.9. The molecule has 6 nitrogen and oxygen atoms in total. The van der Waals surface area contributed by atoms with Gasteiger partial charge in [-0.05, 0) is 43.5 Å². The average Bonchev–Trinajstić information content (AvgIpc) is 2.89. The van der Waals surface area contributed by atoms with Crippen LogP contribution < -0.4 is 14.9 Å². The largest absolute Gasteiger partial charge is 0.348 e. The van der Waals surface area contributed by atoms with Crippen molar-refractivity contribution >= 4 is 21.6 Å². The Labute approximate surface area is 137 Å². The molecule has 2 aliphatic rings. The fourth-order valence-electron chi connectivity index (χ4n) is 3.17. The maximum absolute atomic E-state index is 12.5. The number of piperidine rings is 1. The maximum Gasteiger partial charge on any atom is 0.251 e. The Bertz CT molecular complexity index is 690. The molecule has 23 heavy (non-hydrogen) atoms. The fourth-order valence-corrected chi connectivity index (χ4v) is 4.72. The van der Waals surface area contributed by atoms with E-state index in [0.717, 1.165) is 19.5 Å². The van der Waals surface area contributed by atoms with Gasteiger partial charge in [0.15, 0.2) is 0 Å². The van der Waals surface area contributed by atoms with E-state index in [1.165, 1.54) is 4.31 Å². The van der Waals surface area contributed by atoms with E-state index in [-0.39, 0.29) is 17.7 Å². The summed E-state index contributed by atoms with van der Waals surface area (Å²) in [4.78, 5) is 12.5. The van der Waals surface area contributed by atoms with Crippen molar-refractivity contribution in [3.8, 4) is 0 Å². The lowest BCUT2D eigenvalue weighted by Gasteiger charge is -2.30. The molecule has 2 fully saturated rings. The lowest BCUT2D eigenvalue weighted by molar-refractivity contribution is 0.0915. The van der Waals surface area contributed by atoms with Crippen molar-refractivity contribution in [1.82, 2.24) is 10.6 Å². The van der Waals surface area contributed by atoms with Crippen LogP contribution in [0.2, 0.25) is 0 Å². The van der Waals surface area contributed by atoms with Gasteiger partial charge in [-0.1, -0.05) is 13.0 Å². The molecule has 126 valence electrons. The summed E-state index contributed by atoms with van der Waals surface area (Å²) in [5, 5.41) is 6.34. The summed E-state index contributed by atoms with van der Waals surface area (Å²) in [6.07, 6.45) is 1.67. The number of hydrogen-bond donors (Lipinski definition) is 2. The summed E-state index contributed by atoms with van der Waals surface area (Å²) in [5.41, 5.74) is 1.08. The standard InChI is InChI=1S/C16H23N3O3S/c1-12-6-7-17-11-15(12)18-16(20)13-4-2-5-14(10-13)19-8-3-9-23(19,21)22/h2,4-5,10,12,15,17H,3,6-9,11H2,1H3,(H,18,20). The second-order valence-electron chi connectivity index (χ2n) is 6.34. The minimum atomic E-state index is -3.23. The number of sulfonamides is 1. The predicted molar refractivity (Wildman–Crippen MR) is 90.1 cm³/mol. The van der Waals surface area contributed by atoms with Crippen LogP contribution >= 0.6 is 0 Å². The van der Waals surface area contributed by atoms with Crippen LogP contribution in [0.5, 0.6) is 0 Å². The summed E-state index contributed by atoms with van der Waals surface area (Å²) >= 11 is 0. The van der Waals surface area contributed by atoms with E-state index in [1.54, 1.807) is 24.3 Å². The third kappa shape index (κ3) is 3.50. The average molecular weight is 337 g/mol. The van der Waals surface area contributed by atoms with Crippen molar-refractivity contribution in [2.24, 2.45) is 5.92 Å². The van der Waals surface area contributed by atoms with Crippen molar-refractivity contribution in [3.05, 3.63) is 29.8 Å². The Kier molecular flexibility index (Phi) is 4.59. The third-order valence-electron chi connectivity index (χ3n) is 4.64. The van der Waals surface area contributed by atoms with Gasteiger partial charge < -0.3 is 10.6 Å². The van der Waals surface area contributed by atoms with Crippen LogP contribution in [0.1, 0.15) is 30.1 Å². The first-order valence-electron chi connectivity index (χ1n) is 8.09. The summed E-state index contributed by atoms with van der Waals surface area (Å²) in [6.45, 7) is 4.37. The zero-order valence-corrected chi connectivity index (χ0v) is 14.1. The Balaban J connectivity index is 1.75. The topological polar surface area (TPSA) is 78.5 Å². The molecule has 3 rings (SSSR count). The molecule has 2 unspecified atom stereocenters. The fraction of sp³-hybridized carbons (Fsp3) is 0.562. The number of nitrogens with zero attached hydrogens (tertiary/aromatic N) is 1. The molecular formula is C16H23N3O3S. The van der Waals surface area contributed by atoms with E-state index in [9.17, 15) is 13.2 Å². The number of amides is 1. The number of carbonyl (C=O) groups excluding carboxylic acids is 1. The second kappa shape index (κ2) is 6.49. The second-order valence-corrected chi connectivity index (χ2v) is 8.35. The van der Waals surface area contributed by atoms with Gasteiger partial charge in [-0.15, -0.1) is 0 Å². The number of hydrogen-bond acceptors (Lipinski definition) is 4. The Morgan fingerprint density at radius 1 is 1.39 bits per heavy atom. The zero-order chi connectivity index (χ0) is 16.4. The minimum absolute atomic E-state index is 0.107. The van der Waals surface area contributed by atoms with Gasteiger partial charge in [-0.2, -0.15) is 0 Å². The number of carbonyl (C=O) groups is 1. The molecule has 2 saturated heterocycles. The van der Waals surface area contributed by atoms with Crippen LogP contribution in [-0.4, -0.2) is 45.8 Å². The predicted octanol–water partition coefficient (Wildman–Crippen LogP) is 0.954. The highest BCUT2D eigenvalue weighted by atomic mass is 32.2. The molecule has 0 radical (unpaired) electrons. The molecule has 0 spiro atoms. The number of rotatable bonds is 3. The maximum atomic E-state index is 12.5. The van der Waals surface area contributed by atoms with Gasteiger partial charge in [0, 0.05) is 24.7 Å². The molecule has 1 aromatic carbocycles. The van der Waals surface area contributed by atoms with E-state index in [4.69, 9.17) is 0 Å². The van der Waals surface area contributed by atoms with Gasteiger partial charge in [-0.25, -0.2) is 8.42 Å². The van der Waals surface area contributed by atoms with E-state index in [0.29, 0.717) is 30.1 Å². The van der Waals surface area contributed by atoms with Crippen LogP contribution in [0.3, 0.4) is 0 Å². The Morgan fingerprint density at radius 3 is 2.91 bits per heavy atom. The van der Waals surface area contributed by atoms with Crippen molar-refractivity contribution < 1.29 is 13.2 Å². The quantitative estimate of drug-likeness (QED) is 0.861. The first-order valence-corrected chi connectivity index (χ1v) is 9.70. The summed E-state index contributed by atoms with van der Waals surface area (Å²) in [5.74, 6) is 0.459. The summed E-state index contributed by atoms with van der Waals surface area (Å²) in [7, 11) is -3.23. The van der Waals surface area contributed by atoms with Crippen LogP contribution in [-0.2, 0) is 10.0 Å². The van der Waals surface area contributed by atoms with Gasteiger partial charge in [0.05, 0.1) is 11.4 Å². The number of nitrogens with one attached hydrogen (secondary N) is 2. The lowest BCUT2D eigenvalue weighted by Crippen LogP contribution is -2.50. The van der Waals surface area contributed by atoms with E-state index in [2.05, 4.69) is 17.6 Å². The molecule has 0 bridgehead atoms. The van der Waals surface area contributed by atoms with Crippen LogP contribution in [0.25, 0.3) is 0 Å². The molecule has 2 heterocycles. The SMILES string of the molecule is CC1CCNCC1NC(=O)c1cccc(N2CCCS2(=O)=O)c1. The van der Waals surface area contributed by atoms with Crippen LogP contribution in [0.15, 0.2) is 24.3 Å². The molecule has 1 amide bonds. The molecule has 0 aromatic heterocycles. The first-order chi connectivity index (χ1) is 11.0. The summed E-state index contributed by atoms with van der Waals surface area (Å²) in [6, 6.07) is 6.97. The lowest BCUT2D eigenvalue weighted by atomic mass is 9.94. The van der Waals surface area contributed by atoms with Gasteiger partial charge >= 0.3 is 0 Å². The number of anilines is 1. The highest BCUT2D eigenvalue weighted by Crippen LogP contribution is 2.25. The highest BCUT2D eigenvalue weighted by molar-refractivity contribution is 7.93. The van der Waals surface area contributed by atoms with Crippen LogP contribution in [0, 0.1) is 5.92 Å². The van der Waals surface area contributed by atoms with Gasteiger partial charge in [0.1, 0.15) is 0 Å². The van der Waals surface area contributed by atoms with E-state index in [1.807, 2.05) is 0 Å². The minimum Gasteiger partial charge on any atom is -0.348 e. The molecule has 1 aromatic rings. The van der Waals surface area contributed by atoms with Crippen LogP contribution in [0.4, 0.5) is 5.69 Å². The Hall–Kier alpha value is -1.60. The monoisotopic (exact) mass is 337 g/mol. The highest BCUT2D eigenvalue weighted by Gasteiger charge is 2.29. The van der Waals surface area contributed by atoms with Gasteiger partial charge in [-0.3, -0.25) is 9.10 Å². The molecule has 0 aliphatic carbocycles. The van der Waals surface area contributed by atoms with E-state index < -0.39 is 10.0 Å². The Morgan fingerprint density at radius 2 is 2.22 bits per heavy atom. The zero-order valence-electron chi connectivity index (χ0n) is 13.3. The van der Waals surface area contributed by atoms with Crippen molar-refractivity contribution in [2.45, 2.75) is 25.8 Å². The molecule has 0 saturated carbocycles. The van der Waals surface area contributed by atoms with Gasteiger partial charge in [0.2, 0.25) is 10.0 Å². The van der Waals surface area contributed by atoms with Crippen molar-refractivity contribution in [1.29, 1.82) is 0 Å². The third-order valence-corrected chi connectivity index (χ3v) is 6.51. The van der Waals surface area contributed by atoms with Crippen molar-refractivity contribution in [2.75, 3.05) is 29.7 Å². The molecule has 2 atom stereocenters. The molecule has 2 aliphatic heterocycles. The van der Waals surface area contributed by atoms with Crippen molar-refractivity contribution in [3.63, 3.8) is 0 Å². The van der Waals surface area contributed by atoms with Gasteiger partial charge in [0.25, 0.3) is 5.91 Å². The summed E-state index contributed by atoms with van der Waals surface area (Å²) < 4.78 is 25.4. The first kappa shape index (κ1) is 16.3. The number of benzene rings is 1. The molecule has 7 heteroatoms. The smallest absolute Gasteiger partial charge is 0.251 e. The van der Waals surface area contributed by atoms with E-state index >= 15 is 0 Å².